The topological polar surface area (TPSA) is 37.3 Å². The zero-order valence-corrected chi connectivity index (χ0v) is 8.60. The van der Waals surface area contributed by atoms with Gasteiger partial charge in [-0.25, -0.2) is 0 Å². The van der Waals surface area contributed by atoms with E-state index in [-0.39, 0.29) is 11.7 Å². The molecule has 0 radical (unpaired) electrons. The van der Waals surface area contributed by atoms with Crippen LogP contribution in [0.25, 0.3) is 0 Å². The minimum absolute atomic E-state index is 0.00514. The van der Waals surface area contributed by atoms with E-state index in [9.17, 15) is 9.90 Å². The third kappa shape index (κ3) is 1.55. The molecule has 76 valence electrons. The van der Waals surface area contributed by atoms with Crippen molar-refractivity contribution in [1.29, 1.82) is 0 Å². The summed E-state index contributed by atoms with van der Waals surface area (Å²) in [6.45, 7) is 3.79. The maximum Gasteiger partial charge on any atom is 0.169 e. The van der Waals surface area contributed by atoms with Crippen LogP contribution in [0.2, 0.25) is 0 Å². The number of allylic oxidation sites excluding steroid dienone is 3. The van der Waals surface area contributed by atoms with Crippen LogP contribution in [0, 0.1) is 17.8 Å². The molecule has 2 heteroatoms. The summed E-state index contributed by atoms with van der Waals surface area (Å²) in [5.41, 5.74) is 0.993. The van der Waals surface area contributed by atoms with Crippen LogP contribution in [-0.4, -0.2) is 17.0 Å². The average molecular weight is 192 g/mol. The Balaban J connectivity index is 1.97. The number of hydrogen-bond donors (Lipinski definition) is 1. The number of aliphatic hydroxyl groups excluding tert-OH is 1. The van der Waals surface area contributed by atoms with E-state index in [1.807, 2.05) is 13.8 Å². The summed E-state index contributed by atoms with van der Waals surface area (Å²) in [7, 11) is 0. The number of rotatable bonds is 3. The van der Waals surface area contributed by atoms with Gasteiger partial charge < -0.3 is 5.11 Å². The number of carbonyl (C=O) groups excluding carboxylic acids is 1. The van der Waals surface area contributed by atoms with Crippen LogP contribution < -0.4 is 0 Å². The number of ketones is 1. The first-order chi connectivity index (χ1) is 6.61. The molecule has 4 atom stereocenters. The molecule has 1 unspecified atom stereocenters. The molecule has 0 aliphatic heterocycles. The molecule has 0 heterocycles. The van der Waals surface area contributed by atoms with Gasteiger partial charge in [0.2, 0.25) is 0 Å². The molecule has 0 saturated heterocycles. The van der Waals surface area contributed by atoms with E-state index in [4.69, 9.17) is 0 Å². The number of fused-ring (bicyclic) bond motifs is 1. The first kappa shape index (κ1) is 9.66. The summed E-state index contributed by atoms with van der Waals surface area (Å²) >= 11 is 0. The fourth-order valence-corrected chi connectivity index (χ4v) is 2.36. The zero-order valence-electron chi connectivity index (χ0n) is 8.60. The lowest BCUT2D eigenvalue weighted by Crippen LogP contribution is -2.21. The van der Waals surface area contributed by atoms with Crippen molar-refractivity contribution in [2.45, 2.75) is 26.4 Å². The van der Waals surface area contributed by atoms with Crippen LogP contribution in [0.4, 0.5) is 0 Å². The predicted molar refractivity (Wildman–Crippen MR) is 54.7 cm³/mol. The van der Waals surface area contributed by atoms with Gasteiger partial charge in [-0.2, -0.15) is 0 Å². The van der Waals surface area contributed by atoms with Crippen molar-refractivity contribution >= 4 is 5.78 Å². The van der Waals surface area contributed by atoms with Crippen LogP contribution in [-0.2, 0) is 4.79 Å². The van der Waals surface area contributed by atoms with Crippen molar-refractivity contribution in [1.82, 2.24) is 0 Å². The molecule has 14 heavy (non-hydrogen) atoms. The first-order valence-electron chi connectivity index (χ1n) is 5.14. The second-order valence-electron chi connectivity index (χ2n) is 4.52. The Morgan fingerprint density at radius 2 is 2.29 bits per heavy atom. The normalized spacial score (nSPS) is 34.9. The number of carbonyl (C=O) groups is 1. The molecule has 0 aromatic carbocycles. The number of aliphatic hydroxyl groups is 1. The molecule has 0 spiro atoms. The standard InChI is InChI=1S/C12H16O2/c1-7(2)6-10(13)12(14)11-8-4-3-5-9(8)11/h3-4,6,8-11,13H,5H2,1-2H3/t8-,9+,10?,11+/m1/s1. The van der Waals surface area contributed by atoms with Gasteiger partial charge in [0.05, 0.1) is 0 Å². The first-order valence-corrected chi connectivity index (χ1v) is 5.14. The molecule has 1 saturated carbocycles. The van der Waals surface area contributed by atoms with Gasteiger partial charge in [0, 0.05) is 5.92 Å². The predicted octanol–water partition coefficient (Wildman–Crippen LogP) is 1.70. The minimum atomic E-state index is -0.885. The second-order valence-corrected chi connectivity index (χ2v) is 4.52. The monoisotopic (exact) mass is 192 g/mol. The Labute approximate surface area is 84.3 Å². The Morgan fingerprint density at radius 3 is 2.79 bits per heavy atom. The fraction of sp³-hybridized carbons (Fsp3) is 0.583. The van der Waals surface area contributed by atoms with E-state index in [1.54, 1.807) is 6.08 Å². The van der Waals surface area contributed by atoms with E-state index in [0.29, 0.717) is 11.8 Å². The van der Waals surface area contributed by atoms with Crippen molar-refractivity contribution in [2.75, 3.05) is 0 Å². The molecular formula is C12H16O2. The molecular weight excluding hydrogens is 176 g/mol. The summed E-state index contributed by atoms with van der Waals surface area (Å²) in [5, 5.41) is 9.60. The Bertz CT molecular complexity index is 310. The van der Waals surface area contributed by atoms with Crippen molar-refractivity contribution in [3.05, 3.63) is 23.8 Å². The smallest absolute Gasteiger partial charge is 0.169 e. The highest BCUT2D eigenvalue weighted by Gasteiger charge is 2.55. The van der Waals surface area contributed by atoms with Crippen molar-refractivity contribution in [3.63, 3.8) is 0 Å². The van der Waals surface area contributed by atoms with Gasteiger partial charge in [0.1, 0.15) is 6.10 Å². The Morgan fingerprint density at radius 1 is 1.57 bits per heavy atom. The Hall–Kier alpha value is -0.890. The highest BCUT2D eigenvalue weighted by Crippen LogP contribution is 2.54. The van der Waals surface area contributed by atoms with Crippen LogP contribution >= 0.6 is 0 Å². The molecule has 2 aliphatic carbocycles. The quantitative estimate of drug-likeness (QED) is 0.691. The van der Waals surface area contributed by atoms with E-state index in [0.717, 1.165) is 12.0 Å². The van der Waals surface area contributed by atoms with Gasteiger partial charge in [-0.05, 0) is 32.1 Å². The van der Waals surface area contributed by atoms with E-state index < -0.39 is 6.10 Å². The molecule has 1 fully saturated rings. The molecule has 2 aliphatic rings. The lowest BCUT2D eigenvalue weighted by molar-refractivity contribution is -0.126. The van der Waals surface area contributed by atoms with Crippen molar-refractivity contribution in [3.8, 4) is 0 Å². The molecule has 1 N–H and O–H groups in total. The minimum Gasteiger partial charge on any atom is -0.381 e. The van der Waals surface area contributed by atoms with Gasteiger partial charge in [0.15, 0.2) is 5.78 Å². The summed E-state index contributed by atoms with van der Waals surface area (Å²) in [4.78, 5) is 11.7. The van der Waals surface area contributed by atoms with E-state index in [2.05, 4.69) is 12.2 Å². The molecule has 0 bridgehead atoms. The number of hydrogen-bond acceptors (Lipinski definition) is 2. The van der Waals surface area contributed by atoms with Gasteiger partial charge in [-0.15, -0.1) is 0 Å². The maximum atomic E-state index is 11.7. The summed E-state index contributed by atoms with van der Waals surface area (Å²) in [6.07, 6.45) is 6.02. The summed E-state index contributed by atoms with van der Waals surface area (Å²) < 4.78 is 0. The lowest BCUT2D eigenvalue weighted by Gasteiger charge is -2.05. The molecule has 0 amide bonds. The highest BCUT2D eigenvalue weighted by molar-refractivity contribution is 5.90. The highest BCUT2D eigenvalue weighted by atomic mass is 16.3. The van der Waals surface area contributed by atoms with Crippen LogP contribution in [0.5, 0.6) is 0 Å². The number of Topliss-reactive ketones (excluding diaryl/α,β-unsaturated/α-hetero) is 1. The van der Waals surface area contributed by atoms with Gasteiger partial charge in [-0.1, -0.05) is 23.8 Å². The third-order valence-corrected chi connectivity index (χ3v) is 3.11. The summed E-state index contributed by atoms with van der Waals surface area (Å²) in [6, 6.07) is 0. The van der Waals surface area contributed by atoms with Crippen LogP contribution in [0.1, 0.15) is 20.3 Å². The SMILES string of the molecule is CC(C)=CC(O)C(=O)[C@H]1[C@@H]2C=CC[C@@H]21. The summed E-state index contributed by atoms with van der Waals surface area (Å²) in [5.74, 6) is 1.04. The van der Waals surface area contributed by atoms with Gasteiger partial charge in [-0.3, -0.25) is 4.79 Å². The van der Waals surface area contributed by atoms with E-state index in [1.165, 1.54) is 0 Å². The second kappa shape index (κ2) is 3.35. The lowest BCUT2D eigenvalue weighted by atomic mass is 10.0. The molecule has 0 aromatic rings. The van der Waals surface area contributed by atoms with Crippen LogP contribution in [0.3, 0.4) is 0 Å². The van der Waals surface area contributed by atoms with Crippen molar-refractivity contribution < 1.29 is 9.90 Å². The molecule has 2 rings (SSSR count). The average Bonchev–Trinajstić information content (AvgIpc) is 2.56. The largest absolute Gasteiger partial charge is 0.381 e. The van der Waals surface area contributed by atoms with Crippen LogP contribution in [0.15, 0.2) is 23.8 Å². The zero-order chi connectivity index (χ0) is 10.3. The van der Waals surface area contributed by atoms with Gasteiger partial charge in [0.25, 0.3) is 0 Å². The molecule has 2 nitrogen and oxygen atoms in total. The maximum absolute atomic E-state index is 11.7. The third-order valence-electron chi connectivity index (χ3n) is 3.11. The fourth-order valence-electron chi connectivity index (χ4n) is 2.36. The Kier molecular flexibility index (Phi) is 2.31. The molecule has 0 aromatic heterocycles. The van der Waals surface area contributed by atoms with E-state index >= 15 is 0 Å². The van der Waals surface area contributed by atoms with Gasteiger partial charge >= 0.3 is 0 Å². The van der Waals surface area contributed by atoms with Crippen molar-refractivity contribution in [2.24, 2.45) is 17.8 Å².